The zero-order valence-corrected chi connectivity index (χ0v) is 11.8. The number of H-pyrrole nitrogens is 1. The molecule has 0 saturated carbocycles. The first kappa shape index (κ1) is 13.1. The van der Waals surface area contributed by atoms with Crippen molar-refractivity contribution < 1.29 is 4.79 Å². The second-order valence-electron chi connectivity index (χ2n) is 4.85. The van der Waals surface area contributed by atoms with Crippen molar-refractivity contribution in [3.05, 3.63) is 34.2 Å². The number of aromatic amines is 1. The van der Waals surface area contributed by atoms with Gasteiger partial charge in [-0.25, -0.2) is 14.6 Å². The minimum Gasteiger partial charge on any atom is -0.350 e. The van der Waals surface area contributed by atoms with Gasteiger partial charge in [0.1, 0.15) is 0 Å². The van der Waals surface area contributed by atoms with Crippen LogP contribution in [0.1, 0.15) is 5.56 Å². The maximum atomic E-state index is 12.2. The van der Waals surface area contributed by atoms with Gasteiger partial charge in [0, 0.05) is 5.39 Å². The van der Waals surface area contributed by atoms with Crippen molar-refractivity contribution in [2.24, 2.45) is 5.73 Å². The normalized spacial score (nSPS) is 11.3. The van der Waals surface area contributed by atoms with Crippen molar-refractivity contribution in [3.8, 4) is 11.6 Å². The lowest BCUT2D eigenvalue weighted by Crippen LogP contribution is -2.22. The second-order valence-corrected chi connectivity index (χ2v) is 4.85. The fourth-order valence-corrected chi connectivity index (χ4v) is 2.42. The number of carbonyl (C=O) groups is 1. The molecule has 1 aromatic carbocycles. The third-order valence-electron chi connectivity index (χ3n) is 3.42. The maximum absolute atomic E-state index is 12.2. The van der Waals surface area contributed by atoms with Gasteiger partial charge in [-0.3, -0.25) is 0 Å². The highest BCUT2D eigenvalue weighted by Crippen LogP contribution is 2.21. The van der Waals surface area contributed by atoms with Crippen LogP contribution in [0.5, 0.6) is 0 Å². The van der Waals surface area contributed by atoms with E-state index in [0.29, 0.717) is 11.2 Å². The van der Waals surface area contributed by atoms with Crippen LogP contribution in [-0.4, -0.2) is 45.8 Å². The molecule has 3 heterocycles. The van der Waals surface area contributed by atoms with E-state index in [1.165, 1.54) is 0 Å². The molecular weight excluding hydrogens is 302 g/mol. The number of nitrogens with zero attached hydrogens (tertiary/aromatic N) is 7. The van der Waals surface area contributed by atoms with E-state index in [1.54, 1.807) is 6.07 Å². The molecule has 0 fully saturated rings. The predicted molar refractivity (Wildman–Crippen MR) is 77.6 cm³/mol. The van der Waals surface area contributed by atoms with Crippen LogP contribution in [0.15, 0.2) is 23.0 Å². The van der Waals surface area contributed by atoms with Crippen LogP contribution in [0.3, 0.4) is 0 Å². The highest BCUT2D eigenvalue weighted by Gasteiger charge is 2.20. The Kier molecular flexibility index (Phi) is 2.52. The van der Waals surface area contributed by atoms with Gasteiger partial charge >= 0.3 is 11.7 Å². The zero-order valence-electron chi connectivity index (χ0n) is 11.8. The van der Waals surface area contributed by atoms with Crippen molar-refractivity contribution in [1.29, 1.82) is 0 Å². The van der Waals surface area contributed by atoms with Gasteiger partial charge in [-0.1, -0.05) is 12.1 Å². The molecule has 0 bridgehead atoms. The summed E-state index contributed by atoms with van der Waals surface area (Å²) in [5.74, 6) is -0.0163. The molecule has 4 aromatic rings. The van der Waals surface area contributed by atoms with Crippen LogP contribution >= 0.6 is 0 Å². The number of fused-ring (bicyclic) bond motifs is 3. The first-order chi connectivity index (χ1) is 11.1. The highest BCUT2D eigenvalue weighted by atomic mass is 16.2. The van der Waals surface area contributed by atoms with Crippen LogP contribution in [-0.2, 0) is 0 Å². The molecule has 0 atom stereocenters. The first-order valence-electron chi connectivity index (χ1n) is 6.53. The summed E-state index contributed by atoms with van der Waals surface area (Å²) < 4.78 is 1.86. The lowest BCUT2D eigenvalue weighted by Gasteiger charge is -2.01. The van der Waals surface area contributed by atoms with Crippen LogP contribution in [0.2, 0.25) is 0 Å². The van der Waals surface area contributed by atoms with Crippen molar-refractivity contribution in [3.63, 3.8) is 0 Å². The molecule has 4 rings (SSSR count). The Balaban J connectivity index is 2.10. The molecule has 0 spiro atoms. The predicted octanol–water partition coefficient (Wildman–Crippen LogP) is -0.540. The van der Waals surface area contributed by atoms with Gasteiger partial charge in [0.2, 0.25) is 11.6 Å². The molecule has 11 heteroatoms. The zero-order chi connectivity index (χ0) is 16.1. The lowest BCUT2D eigenvalue weighted by molar-refractivity contribution is 0.247. The molecule has 0 radical (unpaired) electrons. The third kappa shape index (κ3) is 1.79. The number of amides is 1. The third-order valence-corrected chi connectivity index (χ3v) is 3.42. The van der Waals surface area contributed by atoms with E-state index in [1.807, 2.05) is 19.1 Å². The largest absolute Gasteiger partial charge is 0.350 e. The Hall–Kier alpha value is -3.63. The Morgan fingerprint density at radius 3 is 2.96 bits per heavy atom. The quantitative estimate of drug-likeness (QED) is 0.448. The van der Waals surface area contributed by atoms with Crippen LogP contribution < -0.4 is 11.4 Å². The summed E-state index contributed by atoms with van der Waals surface area (Å²) in [6, 6.07) is 4.61. The summed E-state index contributed by atoms with van der Waals surface area (Å²) in [6.45, 7) is 1.89. The summed E-state index contributed by atoms with van der Waals surface area (Å²) in [4.78, 5) is 30.5. The minimum atomic E-state index is -0.876. The molecule has 11 nitrogen and oxygen atoms in total. The number of aryl methyl sites for hydroxylation is 1. The number of carbonyl (C=O) groups excluding carboxylic acids is 1. The average molecular weight is 311 g/mol. The van der Waals surface area contributed by atoms with E-state index in [9.17, 15) is 9.59 Å². The van der Waals surface area contributed by atoms with Crippen molar-refractivity contribution in [2.75, 3.05) is 0 Å². The topological polar surface area (TPSA) is 150 Å². The van der Waals surface area contributed by atoms with Crippen molar-refractivity contribution >= 4 is 22.6 Å². The summed E-state index contributed by atoms with van der Waals surface area (Å²) in [5, 5.41) is 15.4. The number of rotatable bonds is 1. The van der Waals surface area contributed by atoms with Gasteiger partial charge in [0.05, 0.1) is 5.52 Å². The van der Waals surface area contributed by atoms with E-state index in [0.717, 1.165) is 20.1 Å². The van der Waals surface area contributed by atoms with Crippen LogP contribution in [0, 0.1) is 6.92 Å². The van der Waals surface area contributed by atoms with Gasteiger partial charge < -0.3 is 10.7 Å². The maximum Gasteiger partial charge on any atom is 0.348 e. The van der Waals surface area contributed by atoms with Gasteiger partial charge in [0.25, 0.3) is 0 Å². The molecule has 0 unspecified atom stereocenters. The highest BCUT2D eigenvalue weighted by molar-refractivity contribution is 5.94. The Morgan fingerprint density at radius 2 is 2.17 bits per heavy atom. The molecule has 3 N–H and O–H groups in total. The summed E-state index contributed by atoms with van der Waals surface area (Å²) >= 11 is 0. The van der Waals surface area contributed by atoms with E-state index in [-0.39, 0.29) is 11.6 Å². The number of nitrogens with one attached hydrogen (secondary N) is 1. The van der Waals surface area contributed by atoms with Gasteiger partial charge in [-0.05, 0) is 29.0 Å². The van der Waals surface area contributed by atoms with Gasteiger partial charge in [-0.2, -0.15) is 4.52 Å². The second kappa shape index (κ2) is 4.43. The standard InChI is InChI=1S/C12H9N9O2/c1-5-3-2-4-6-7(5)9-15-8(17-21(9)12(23)14-6)10-16-18-19-20(10)11(13)22/h2-4H,1H3,(H2,13,22)(H,14,23). The number of primary amides is 1. The monoisotopic (exact) mass is 311 g/mol. The summed E-state index contributed by atoms with van der Waals surface area (Å²) in [5.41, 5.74) is 6.62. The van der Waals surface area contributed by atoms with Gasteiger partial charge in [-0.15, -0.1) is 14.9 Å². The fourth-order valence-electron chi connectivity index (χ4n) is 2.42. The lowest BCUT2D eigenvalue weighted by atomic mass is 10.1. The minimum absolute atomic E-state index is 0.0232. The Morgan fingerprint density at radius 1 is 1.35 bits per heavy atom. The SMILES string of the molecule is Cc1cccc2[nH]c(=O)n3nc(-c4nnnn4C(N)=O)nc3c12. The Bertz CT molecular complexity index is 1140. The molecule has 23 heavy (non-hydrogen) atoms. The first-order valence-corrected chi connectivity index (χ1v) is 6.53. The van der Waals surface area contributed by atoms with Crippen molar-refractivity contribution in [1.82, 2.24) is 39.8 Å². The van der Waals surface area contributed by atoms with E-state index in [2.05, 4.69) is 30.6 Å². The molecule has 1 amide bonds. The molecule has 0 aliphatic rings. The molecule has 0 aliphatic carbocycles. The number of aromatic nitrogens is 8. The van der Waals surface area contributed by atoms with Crippen LogP contribution in [0.4, 0.5) is 4.79 Å². The average Bonchev–Trinajstić information content (AvgIpc) is 3.14. The smallest absolute Gasteiger partial charge is 0.348 e. The number of hydrogen-bond acceptors (Lipinski definition) is 7. The van der Waals surface area contributed by atoms with E-state index < -0.39 is 11.7 Å². The summed E-state index contributed by atoms with van der Waals surface area (Å²) in [6.07, 6.45) is 0. The summed E-state index contributed by atoms with van der Waals surface area (Å²) in [7, 11) is 0. The molecular formula is C12H9N9O2. The number of benzene rings is 1. The Labute approximate surface area is 126 Å². The molecule has 114 valence electrons. The number of hydrogen-bond donors (Lipinski definition) is 2. The van der Waals surface area contributed by atoms with Gasteiger partial charge in [0.15, 0.2) is 5.65 Å². The molecule has 0 saturated heterocycles. The van der Waals surface area contributed by atoms with E-state index >= 15 is 0 Å². The number of nitrogens with two attached hydrogens (primary N) is 1. The van der Waals surface area contributed by atoms with E-state index in [4.69, 9.17) is 5.73 Å². The molecule has 3 aromatic heterocycles. The molecule has 0 aliphatic heterocycles. The van der Waals surface area contributed by atoms with Crippen molar-refractivity contribution in [2.45, 2.75) is 6.92 Å². The number of tetrazole rings is 1. The fraction of sp³-hybridized carbons (Fsp3) is 0.0833. The van der Waals surface area contributed by atoms with Crippen LogP contribution in [0.25, 0.3) is 28.2 Å².